The highest BCUT2D eigenvalue weighted by Gasteiger charge is 2.23. The Labute approximate surface area is 346 Å². The molecular formula is C56H37NOS. The number of allylic oxidation sites excluding steroid dienone is 4. The van der Waals surface area contributed by atoms with Crippen LogP contribution in [0.3, 0.4) is 0 Å². The summed E-state index contributed by atoms with van der Waals surface area (Å²) in [6.45, 7) is 4.07. The lowest BCUT2D eigenvalue weighted by Crippen LogP contribution is -2.11. The van der Waals surface area contributed by atoms with E-state index < -0.39 is 0 Å². The van der Waals surface area contributed by atoms with Crippen molar-refractivity contribution in [2.45, 2.75) is 0 Å². The molecular weight excluding hydrogens is 735 g/mol. The molecule has 0 atom stereocenters. The van der Waals surface area contributed by atoms with Crippen molar-refractivity contribution in [3.63, 3.8) is 0 Å². The molecule has 0 fully saturated rings. The van der Waals surface area contributed by atoms with E-state index in [-0.39, 0.29) is 0 Å². The van der Waals surface area contributed by atoms with Crippen LogP contribution in [0.2, 0.25) is 0 Å². The number of benzene rings is 9. The smallest absolute Gasteiger partial charge is 0.143 e. The van der Waals surface area contributed by atoms with Gasteiger partial charge >= 0.3 is 0 Å². The highest BCUT2D eigenvalue weighted by molar-refractivity contribution is 7.26. The summed E-state index contributed by atoms with van der Waals surface area (Å²) in [5, 5.41) is 9.51. The molecule has 0 amide bonds. The van der Waals surface area contributed by atoms with Gasteiger partial charge in [-0.3, -0.25) is 0 Å². The summed E-state index contributed by atoms with van der Waals surface area (Å²) in [7, 11) is 0. The molecule has 0 spiro atoms. The molecule has 59 heavy (non-hydrogen) atoms. The third kappa shape index (κ3) is 5.94. The van der Waals surface area contributed by atoms with E-state index in [9.17, 15) is 0 Å². The second-order valence-corrected chi connectivity index (χ2v) is 15.9. The molecule has 2 aromatic heterocycles. The molecule has 2 heterocycles. The van der Waals surface area contributed by atoms with Gasteiger partial charge < -0.3 is 9.32 Å². The first-order valence-corrected chi connectivity index (χ1v) is 20.8. The molecule has 278 valence electrons. The topological polar surface area (TPSA) is 16.4 Å². The van der Waals surface area contributed by atoms with Crippen LogP contribution in [0, 0.1) is 0 Å². The second kappa shape index (κ2) is 14.5. The predicted octanol–water partition coefficient (Wildman–Crippen LogP) is 16.7. The molecule has 0 bridgehead atoms. The van der Waals surface area contributed by atoms with Crippen molar-refractivity contribution >= 4 is 104 Å². The molecule has 0 radical (unpaired) electrons. The molecule has 11 aromatic rings. The highest BCUT2D eigenvalue weighted by Crippen LogP contribution is 2.49. The molecule has 0 aliphatic rings. The van der Waals surface area contributed by atoms with Crippen molar-refractivity contribution in [2.75, 3.05) is 4.90 Å². The summed E-state index contributed by atoms with van der Waals surface area (Å²) in [6.07, 6.45) is 8.35. The lowest BCUT2D eigenvalue weighted by molar-refractivity contribution is 0.674. The van der Waals surface area contributed by atoms with Crippen molar-refractivity contribution in [3.05, 3.63) is 224 Å². The van der Waals surface area contributed by atoms with Gasteiger partial charge in [0.2, 0.25) is 0 Å². The zero-order valence-electron chi connectivity index (χ0n) is 32.2. The Kier molecular flexibility index (Phi) is 8.53. The second-order valence-electron chi connectivity index (χ2n) is 14.9. The van der Waals surface area contributed by atoms with Gasteiger partial charge in [-0.2, -0.15) is 0 Å². The zero-order chi connectivity index (χ0) is 39.3. The summed E-state index contributed by atoms with van der Waals surface area (Å²) in [5.74, 6) is 0. The van der Waals surface area contributed by atoms with E-state index in [4.69, 9.17) is 4.42 Å². The fourth-order valence-electron chi connectivity index (χ4n) is 8.70. The fourth-order valence-corrected chi connectivity index (χ4v) is 9.91. The summed E-state index contributed by atoms with van der Waals surface area (Å²) in [5.41, 5.74) is 10.6. The molecule has 0 aliphatic heterocycles. The van der Waals surface area contributed by atoms with E-state index in [1.54, 1.807) is 0 Å². The van der Waals surface area contributed by atoms with Crippen molar-refractivity contribution in [1.29, 1.82) is 0 Å². The number of hydrogen-bond donors (Lipinski definition) is 0. The standard InChI is InChI=1S/C56H37NOS/c1-2-14-37(29-30-40-18-11-17-39-15-3-5-19-43(39)40)38-31-34-42(35-32-38)57(52-27-13-25-50-46-22-8-10-28-53(46)59-56(50)52)51-26-9-7-21-45(51)47-23-12-24-48-49-36-33-41-16-4-6-20-44(41)54(49)58-55(47)48/h2-36H,1H2/b30-29+,37-14+. The molecule has 2 nitrogen and oxygen atoms in total. The van der Waals surface area contributed by atoms with Crippen LogP contribution in [0.25, 0.3) is 86.4 Å². The van der Waals surface area contributed by atoms with E-state index in [0.29, 0.717) is 0 Å². The molecule has 0 aliphatic carbocycles. The lowest BCUT2D eigenvalue weighted by atomic mass is 9.98. The quantitative estimate of drug-likeness (QED) is 0.143. The van der Waals surface area contributed by atoms with Crippen molar-refractivity contribution in [1.82, 2.24) is 0 Å². The van der Waals surface area contributed by atoms with Crippen LogP contribution in [0.4, 0.5) is 17.1 Å². The highest BCUT2D eigenvalue weighted by atomic mass is 32.1. The minimum atomic E-state index is 0.888. The van der Waals surface area contributed by atoms with Crippen LogP contribution in [-0.4, -0.2) is 0 Å². The van der Waals surface area contributed by atoms with E-state index in [0.717, 1.165) is 66.7 Å². The number of fused-ring (bicyclic) bond motifs is 9. The Morgan fingerprint density at radius 3 is 1.98 bits per heavy atom. The maximum Gasteiger partial charge on any atom is 0.143 e. The first-order valence-electron chi connectivity index (χ1n) is 20.0. The molecule has 0 unspecified atom stereocenters. The third-order valence-electron chi connectivity index (χ3n) is 11.5. The minimum absolute atomic E-state index is 0.888. The van der Waals surface area contributed by atoms with Gasteiger partial charge in [0.25, 0.3) is 0 Å². The predicted molar refractivity (Wildman–Crippen MR) is 255 cm³/mol. The summed E-state index contributed by atoms with van der Waals surface area (Å²) < 4.78 is 9.43. The van der Waals surface area contributed by atoms with E-state index in [1.807, 2.05) is 17.4 Å². The first-order chi connectivity index (χ1) is 29.2. The molecule has 0 N–H and O–H groups in total. The van der Waals surface area contributed by atoms with Crippen LogP contribution in [0.5, 0.6) is 0 Å². The lowest BCUT2D eigenvalue weighted by Gasteiger charge is -2.28. The number of furan rings is 1. The normalized spacial score (nSPS) is 12.2. The monoisotopic (exact) mass is 771 g/mol. The minimum Gasteiger partial charge on any atom is -0.455 e. The average molecular weight is 772 g/mol. The molecule has 0 saturated carbocycles. The van der Waals surface area contributed by atoms with Gasteiger partial charge in [0, 0.05) is 48.4 Å². The van der Waals surface area contributed by atoms with Crippen LogP contribution < -0.4 is 4.90 Å². The Morgan fingerprint density at radius 1 is 0.492 bits per heavy atom. The van der Waals surface area contributed by atoms with Crippen LogP contribution in [0.15, 0.2) is 217 Å². The number of para-hydroxylation sites is 2. The van der Waals surface area contributed by atoms with Crippen molar-refractivity contribution in [3.8, 4) is 11.1 Å². The van der Waals surface area contributed by atoms with E-state index in [2.05, 4.69) is 218 Å². The maximum absolute atomic E-state index is 6.91. The third-order valence-corrected chi connectivity index (χ3v) is 12.7. The van der Waals surface area contributed by atoms with Crippen LogP contribution >= 0.6 is 11.3 Å². The maximum atomic E-state index is 6.91. The number of nitrogens with zero attached hydrogens (tertiary/aromatic N) is 1. The van der Waals surface area contributed by atoms with Crippen LogP contribution in [0.1, 0.15) is 11.1 Å². The number of rotatable bonds is 8. The average Bonchev–Trinajstić information content (AvgIpc) is 3.88. The molecule has 11 rings (SSSR count). The van der Waals surface area contributed by atoms with Gasteiger partial charge in [-0.1, -0.05) is 183 Å². The summed E-state index contributed by atoms with van der Waals surface area (Å²) >= 11 is 1.84. The van der Waals surface area contributed by atoms with Gasteiger partial charge in [0.15, 0.2) is 0 Å². The van der Waals surface area contributed by atoms with Gasteiger partial charge in [0.1, 0.15) is 11.2 Å². The molecule has 3 heteroatoms. The van der Waals surface area contributed by atoms with Gasteiger partial charge in [-0.25, -0.2) is 0 Å². The number of thiophene rings is 1. The van der Waals surface area contributed by atoms with E-state index >= 15 is 0 Å². The van der Waals surface area contributed by atoms with Gasteiger partial charge in [0.05, 0.1) is 16.1 Å². The van der Waals surface area contributed by atoms with Crippen molar-refractivity contribution < 1.29 is 4.42 Å². The van der Waals surface area contributed by atoms with Gasteiger partial charge in [-0.15, -0.1) is 11.3 Å². The Balaban J connectivity index is 1.09. The number of hydrogen-bond acceptors (Lipinski definition) is 3. The molecule has 9 aromatic carbocycles. The van der Waals surface area contributed by atoms with Gasteiger partial charge in [-0.05, 0) is 69.3 Å². The Bertz CT molecular complexity index is 3470. The SMILES string of the molecule is C=C/C=C(\C=C\c1cccc2ccccc12)c1ccc(N(c2ccccc2-c2cccc3c2oc2c4ccccc4ccc32)c2cccc3c2sc2ccccc23)cc1. The van der Waals surface area contributed by atoms with Crippen LogP contribution in [-0.2, 0) is 0 Å². The largest absolute Gasteiger partial charge is 0.455 e. The Hall–Kier alpha value is -7.46. The summed E-state index contributed by atoms with van der Waals surface area (Å²) in [4.78, 5) is 2.43. The summed E-state index contributed by atoms with van der Waals surface area (Å²) in [6, 6.07) is 67.5. The van der Waals surface area contributed by atoms with Crippen molar-refractivity contribution in [2.24, 2.45) is 0 Å². The fraction of sp³-hybridized carbons (Fsp3) is 0. The molecule has 0 saturated heterocycles. The Morgan fingerprint density at radius 2 is 1.12 bits per heavy atom. The zero-order valence-corrected chi connectivity index (χ0v) is 33.0. The first kappa shape index (κ1) is 34.8. The number of anilines is 3. The van der Waals surface area contributed by atoms with E-state index in [1.165, 1.54) is 41.9 Å².